The second-order valence-electron chi connectivity index (χ2n) is 7.91. The highest BCUT2D eigenvalue weighted by Gasteiger charge is 2.33. The lowest BCUT2D eigenvalue weighted by molar-refractivity contribution is -0.138. The normalized spacial score (nSPS) is 14.6. The molecule has 0 spiro atoms. The van der Waals surface area contributed by atoms with E-state index < -0.39 is 11.7 Å². The number of nitrogens with zero attached hydrogens (tertiary/aromatic N) is 5. The molecule has 0 unspecified atom stereocenters. The lowest BCUT2D eigenvalue weighted by Gasteiger charge is -2.31. The Balaban J connectivity index is 1.39. The molecule has 0 aliphatic carbocycles. The van der Waals surface area contributed by atoms with Crippen LogP contribution in [0.5, 0.6) is 0 Å². The molecular formula is C23H24F3N7O. The minimum Gasteiger partial charge on any atom is -0.357 e. The number of hydrogen-bond donors (Lipinski definition) is 2. The third kappa shape index (κ3) is 5.41. The van der Waals surface area contributed by atoms with Gasteiger partial charge in [-0.05, 0) is 36.6 Å². The van der Waals surface area contributed by atoms with Crippen LogP contribution in [0.25, 0.3) is 11.4 Å². The van der Waals surface area contributed by atoms with E-state index in [1.165, 1.54) is 18.2 Å². The largest absolute Gasteiger partial charge is 0.416 e. The van der Waals surface area contributed by atoms with Gasteiger partial charge in [0.15, 0.2) is 5.82 Å². The molecule has 1 aliphatic heterocycles. The Labute approximate surface area is 194 Å². The van der Waals surface area contributed by atoms with E-state index in [1.807, 2.05) is 11.0 Å². The van der Waals surface area contributed by atoms with Gasteiger partial charge in [-0.25, -0.2) is 0 Å². The topological polar surface area (TPSA) is 95.9 Å². The summed E-state index contributed by atoms with van der Waals surface area (Å²) >= 11 is 0. The molecule has 8 nitrogen and oxygen atoms in total. The van der Waals surface area contributed by atoms with Crippen molar-refractivity contribution >= 4 is 17.8 Å². The number of pyridine rings is 1. The SMILES string of the molecule is CNc1nc(-c2cccnc2)nc(N2CCC(C(=O)NCc3ccccc3C(F)(F)F)CC2)n1. The molecule has 178 valence electrons. The van der Waals surface area contributed by atoms with E-state index in [4.69, 9.17) is 0 Å². The maximum atomic E-state index is 13.2. The molecule has 0 radical (unpaired) electrons. The van der Waals surface area contributed by atoms with E-state index in [0.29, 0.717) is 43.7 Å². The third-order valence-corrected chi connectivity index (χ3v) is 5.69. The number of halogens is 3. The average molecular weight is 471 g/mol. The summed E-state index contributed by atoms with van der Waals surface area (Å²) in [5.74, 6) is 0.866. The number of alkyl halides is 3. The quantitative estimate of drug-likeness (QED) is 0.568. The molecule has 34 heavy (non-hydrogen) atoms. The average Bonchev–Trinajstić information content (AvgIpc) is 2.87. The van der Waals surface area contributed by atoms with Crippen LogP contribution >= 0.6 is 0 Å². The van der Waals surface area contributed by atoms with Gasteiger partial charge in [0, 0.05) is 50.6 Å². The number of benzene rings is 1. The van der Waals surface area contributed by atoms with Crippen molar-refractivity contribution < 1.29 is 18.0 Å². The molecule has 1 saturated heterocycles. The predicted molar refractivity (Wildman–Crippen MR) is 121 cm³/mol. The van der Waals surface area contributed by atoms with Crippen LogP contribution in [0.2, 0.25) is 0 Å². The summed E-state index contributed by atoms with van der Waals surface area (Å²) in [6, 6.07) is 8.93. The number of carbonyl (C=O) groups excluding carboxylic acids is 1. The highest BCUT2D eigenvalue weighted by Crippen LogP contribution is 2.32. The number of anilines is 2. The Morgan fingerprint density at radius 3 is 2.53 bits per heavy atom. The first-order valence-electron chi connectivity index (χ1n) is 10.9. The number of aromatic nitrogens is 4. The zero-order valence-corrected chi connectivity index (χ0v) is 18.5. The van der Waals surface area contributed by atoms with Crippen LogP contribution < -0.4 is 15.5 Å². The molecule has 1 aliphatic rings. The van der Waals surface area contributed by atoms with Crippen LogP contribution in [-0.2, 0) is 17.5 Å². The smallest absolute Gasteiger partial charge is 0.357 e. The molecule has 0 saturated carbocycles. The predicted octanol–water partition coefficient (Wildman–Crippen LogP) is 3.53. The number of piperidine rings is 1. The molecule has 2 N–H and O–H groups in total. The van der Waals surface area contributed by atoms with Crippen LogP contribution in [0, 0.1) is 5.92 Å². The minimum atomic E-state index is -4.46. The van der Waals surface area contributed by atoms with Crippen LogP contribution in [0.15, 0.2) is 48.8 Å². The Hall–Kier alpha value is -3.76. The van der Waals surface area contributed by atoms with Gasteiger partial charge in [-0.1, -0.05) is 18.2 Å². The van der Waals surface area contributed by atoms with Gasteiger partial charge in [-0.15, -0.1) is 0 Å². The van der Waals surface area contributed by atoms with Gasteiger partial charge >= 0.3 is 6.18 Å². The van der Waals surface area contributed by atoms with Gasteiger partial charge in [0.05, 0.1) is 5.56 Å². The first-order valence-corrected chi connectivity index (χ1v) is 10.9. The van der Waals surface area contributed by atoms with Gasteiger partial charge in [-0.3, -0.25) is 9.78 Å². The van der Waals surface area contributed by atoms with Gasteiger partial charge in [0.2, 0.25) is 17.8 Å². The fourth-order valence-electron chi connectivity index (χ4n) is 3.86. The summed E-state index contributed by atoms with van der Waals surface area (Å²) in [7, 11) is 1.72. The van der Waals surface area contributed by atoms with Gasteiger partial charge in [-0.2, -0.15) is 28.1 Å². The second-order valence-corrected chi connectivity index (χ2v) is 7.91. The molecule has 0 bridgehead atoms. The van der Waals surface area contributed by atoms with Crippen molar-refractivity contribution in [3.8, 4) is 11.4 Å². The van der Waals surface area contributed by atoms with Crippen molar-refractivity contribution in [2.24, 2.45) is 5.92 Å². The molecule has 0 atom stereocenters. The summed E-state index contributed by atoms with van der Waals surface area (Å²) in [6.07, 6.45) is -0.0443. The van der Waals surface area contributed by atoms with Crippen molar-refractivity contribution in [3.05, 3.63) is 59.9 Å². The van der Waals surface area contributed by atoms with Crippen molar-refractivity contribution in [1.29, 1.82) is 0 Å². The molecular weight excluding hydrogens is 447 g/mol. The van der Waals surface area contributed by atoms with Crippen molar-refractivity contribution in [3.63, 3.8) is 0 Å². The highest BCUT2D eigenvalue weighted by molar-refractivity contribution is 5.79. The Morgan fingerprint density at radius 2 is 1.85 bits per heavy atom. The molecule has 1 aromatic carbocycles. The minimum absolute atomic E-state index is 0.0495. The number of carbonyl (C=O) groups is 1. The molecule has 2 aromatic heterocycles. The Morgan fingerprint density at radius 1 is 1.09 bits per heavy atom. The maximum absolute atomic E-state index is 13.2. The maximum Gasteiger partial charge on any atom is 0.416 e. The molecule has 4 rings (SSSR count). The number of hydrogen-bond acceptors (Lipinski definition) is 7. The van der Waals surface area contributed by atoms with E-state index in [2.05, 4.69) is 30.6 Å². The molecule has 3 heterocycles. The molecule has 1 amide bonds. The van der Waals surface area contributed by atoms with Crippen molar-refractivity contribution in [2.45, 2.75) is 25.6 Å². The fourth-order valence-corrected chi connectivity index (χ4v) is 3.86. The monoisotopic (exact) mass is 471 g/mol. The van der Waals surface area contributed by atoms with Crippen LogP contribution in [0.3, 0.4) is 0 Å². The number of amides is 1. The van der Waals surface area contributed by atoms with Gasteiger partial charge in [0.25, 0.3) is 0 Å². The van der Waals surface area contributed by atoms with E-state index in [1.54, 1.807) is 25.5 Å². The van der Waals surface area contributed by atoms with E-state index in [-0.39, 0.29) is 23.9 Å². The first kappa shape index (κ1) is 23.4. The fraction of sp³-hybridized carbons (Fsp3) is 0.348. The third-order valence-electron chi connectivity index (χ3n) is 5.69. The Bertz CT molecular complexity index is 1130. The second kappa shape index (κ2) is 10.0. The standard InChI is InChI=1S/C23H24F3N7O/c1-27-21-30-19(17-6-4-10-28-13-17)31-22(32-21)33-11-8-15(9-12-33)20(34)29-14-16-5-2-3-7-18(16)23(24,25)26/h2-7,10,13,15H,8-9,11-12,14H2,1H3,(H,29,34)(H,27,30,31,32). The first-order chi connectivity index (χ1) is 16.3. The van der Waals surface area contributed by atoms with Gasteiger partial charge < -0.3 is 15.5 Å². The van der Waals surface area contributed by atoms with Gasteiger partial charge in [0.1, 0.15) is 0 Å². The zero-order valence-electron chi connectivity index (χ0n) is 18.5. The van der Waals surface area contributed by atoms with E-state index in [9.17, 15) is 18.0 Å². The van der Waals surface area contributed by atoms with Crippen molar-refractivity contribution in [2.75, 3.05) is 30.4 Å². The highest BCUT2D eigenvalue weighted by atomic mass is 19.4. The summed E-state index contributed by atoms with van der Waals surface area (Å²) < 4.78 is 39.5. The molecule has 11 heteroatoms. The van der Waals surface area contributed by atoms with Crippen LogP contribution in [-0.4, -0.2) is 46.0 Å². The number of rotatable bonds is 6. The summed E-state index contributed by atoms with van der Waals surface area (Å²) in [5, 5.41) is 5.61. The van der Waals surface area contributed by atoms with Crippen LogP contribution in [0.1, 0.15) is 24.0 Å². The van der Waals surface area contributed by atoms with E-state index in [0.717, 1.165) is 11.6 Å². The van der Waals surface area contributed by atoms with E-state index >= 15 is 0 Å². The lowest BCUT2D eigenvalue weighted by Crippen LogP contribution is -2.41. The summed E-state index contributed by atoms with van der Waals surface area (Å²) in [5.41, 5.74) is 0.0780. The zero-order chi connectivity index (χ0) is 24.1. The van der Waals surface area contributed by atoms with Crippen molar-refractivity contribution in [1.82, 2.24) is 25.3 Å². The molecule has 3 aromatic rings. The summed E-state index contributed by atoms with van der Waals surface area (Å²) in [6.45, 7) is 0.913. The Kier molecular flexibility index (Phi) is 6.90. The lowest BCUT2D eigenvalue weighted by atomic mass is 9.96. The molecule has 1 fully saturated rings. The number of nitrogens with one attached hydrogen (secondary N) is 2. The summed E-state index contributed by atoms with van der Waals surface area (Å²) in [4.78, 5) is 32.1. The van der Waals surface area contributed by atoms with Crippen LogP contribution in [0.4, 0.5) is 25.1 Å².